The summed E-state index contributed by atoms with van der Waals surface area (Å²) in [4.78, 5) is 18.6. The van der Waals surface area contributed by atoms with Gasteiger partial charge in [0.25, 0.3) is 0 Å². The predicted molar refractivity (Wildman–Crippen MR) is 191 cm³/mol. The number of alkyl halides is 3. The number of aliphatic hydroxyl groups is 1. The lowest BCUT2D eigenvalue weighted by molar-refractivity contribution is -0.141. The molecule has 3 N–H and O–H groups in total. The molecule has 3 heterocycles. The van der Waals surface area contributed by atoms with Crippen LogP contribution in [-0.4, -0.2) is 55.8 Å². The summed E-state index contributed by atoms with van der Waals surface area (Å²) in [6.45, 7) is 2.30. The normalized spacial score (nSPS) is 14.1. The van der Waals surface area contributed by atoms with E-state index < -0.39 is 57.6 Å². The van der Waals surface area contributed by atoms with Gasteiger partial charge in [-0.1, -0.05) is 23.6 Å². The molecule has 0 aliphatic heterocycles. The van der Waals surface area contributed by atoms with Gasteiger partial charge in [-0.15, -0.1) is 0 Å². The molecule has 11 nitrogen and oxygen atoms in total. The highest BCUT2D eigenvalue weighted by Crippen LogP contribution is 2.43. The van der Waals surface area contributed by atoms with Crippen molar-refractivity contribution in [1.82, 2.24) is 29.9 Å². The fraction of sp³-hybridized carbons (Fsp3) is 0.333. The third kappa shape index (κ3) is 9.00. The number of carbonyl (C=O) groups excluding carboxylic acids is 1. The molecule has 1 saturated carbocycles. The van der Waals surface area contributed by atoms with Gasteiger partial charge in [-0.05, 0) is 81.0 Å². The van der Waals surface area contributed by atoms with Gasteiger partial charge in [-0.2, -0.15) is 23.4 Å². The number of benzene rings is 2. The van der Waals surface area contributed by atoms with Crippen molar-refractivity contribution in [2.75, 3.05) is 11.0 Å². The Balaban J connectivity index is 1.52. The van der Waals surface area contributed by atoms with Crippen LogP contribution in [-0.2, 0) is 41.0 Å². The minimum atomic E-state index is -4.74. The zero-order valence-electron chi connectivity index (χ0n) is 29.2. The molecule has 0 unspecified atom stereocenters. The molecule has 0 spiro atoms. The van der Waals surface area contributed by atoms with E-state index in [0.29, 0.717) is 35.6 Å². The SMILES string of the molecule is Cn1nc(NS(C)(=O)=O)c2c(Cl)ccc(-c3ccc(C#CC(C)(C)O)nc3[C@H](Cc3cc(F)cc(F)c3)NC(=O)Cn3nc(C(F)(F)F)cc3C3CC3)c21. The molecule has 1 amide bonds. The molecule has 5 aromatic rings. The van der Waals surface area contributed by atoms with Gasteiger partial charge in [0.1, 0.15) is 29.5 Å². The highest BCUT2D eigenvalue weighted by Gasteiger charge is 2.38. The Morgan fingerprint density at radius 2 is 1.72 bits per heavy atom. The largest absolute Gasteiger partial charge is 0.435 e. The first-order chi connectivity index (χ1) is 25.1. The summed E-state index contributed by atoms with van der Waals surface area (Å²) < 4.78 is 99.1. The summed E-state index contributed by atoms with van der Waals surface area (Å²) in [7, 11) is -2.25. The molecule has 3 aromatic heterocycles. The quantitative estimate of drug-likeness (QED) is 0.112. The second-order valence-electron chi connectivity index (χ2n) is 13.6. The van der Waals surface area contributed by atoms with Crippen molar-refractivity contribution in [2.24, 2.45) is 7.05 Å². The van der Waals surface area contributed by atoms with Gasteiger partial charge in [-0.3, -0.25) is 18.9 Å². The minimum Gasteiger partial charge on any atom is -0.378 e. The lowest BCUT2D eigenvalue weighted by Gasteiger charge is -2.23. The van der Waals surface area contributed by atoms with Crippen LogP contribution in [0.1, 0.15) is 67.0 Å². The Bertz CT molecular complexity index is 2440. The number of anilines is 1. The van der Waals surface area contributed by atoms with Crippen LogP contribution in [0.25, 0.3) is 22.0 Å². The van der Waals surface area contributed by atoms with Crippen LogP contribution >= 0.6 is 11.6 Å². The molecule has 0 saturated heterocycles. The first-order valence-electron chi connectivity index (χ1n) is 16.4. The van der Waals surface area contributed by atoms with Crippen molar-refractivity contribution >= 4 is 44.3 Å². The van der Waals surface area contributed by atoms with E-state index in [1.54, 1.807) is 19.2 Å². The lowest BCUT2D eigenvalue weighted by atomic mass is 9.93. The van der Waals surface area contributed by atoms with Crippen LogP contribution in [0.5, 0.6) is 0 Å². The molecule has 54 heavy (non-hydrogen) atoms. The number of amides is 1. The maximum Gasteiger partial charge on any atom is 0.435 e. The fourth-order valence-corrected chi connectivity index (χ4v) is 6.79. The van der Waals surface area contributed by atoms with Crippen molar-refractivity contribution in [3.8, 4) is 23.0 Å². The van der Waals surface area contributed by atoms with E-state index in [0.717, 1.165) is 29.1 Å². The van der Waals surface area contributed by atoms with Crippen molar-refractivity contribution < 1.29 is 40.3 Å². The molecular formula is C36H33ClF5N7O4S. The van der Waals surface area contributed by atoms with Crippen LogP contribution in [0.15, 0.2) is 48.5 Å². The number of pyridine rings is 1. The second kappa shape index (κ2) is 14.3. The zero-order chi connectivity index (χ0) is 39.3. The highest BCUT2D eigenvalue weighted by molar-refractivity contribution is 7.92. The number of halogens is 6. The summed E-state index contributed by atoms with van der Waals surface area (Å²) >= 11 is 6.57. The van der Waals surface area contributed by atoms with Crippen LogP contribution in [0, 0.1) is 23.5 Å². The van der Waals surface area contributed by atoms with E-state index in [2.05, 4.69) is 32.1 Å². The molecule has 6 rings (SSSR count). The Morgan fingerprint density at radius 3 is 2.33 bits per heavy atom. The molecule has 1 aliphatic rings. The van der Waals surface area contributed by atoms with Crippen LogP contribution in [0.4, 0.5) is 27.8 Å². The molecule has 0 radical (unpaired) electrons. The maximum absolute atomic E-state index is 14.5. The van der Waals surface area contributed by atoms with Gasteiger partial charge in [0.05, 0.1) is 33.9 Å². The van der Waals surface area contributed by atoms with E-state index in [1.165, 1.54) is 30.7 Å². The molecular weight excluding hydrogens is 757 g/mol. The number of hydrogen-bond donors (Lipinski definition) is 3. The number of nitrogens with one attached hydrogen (secondary N) is 2. The number of aromatic nitrogens is 5. The molecule has 0 bridgehead atoms. The summed E-state index contributed by atoms with van der Waals surface area (Å²) in [5.74, 6) is 2.63. The molecule has 18 heteroatoms. The van der Waals surface area contributed by atoms with E-state index in [1.807, 2.05) is 0 Å². The van der Waals surface area contributed by atoms with E-state index in [-0.39, 0.29) is 51.2 Å². The number of sulfonamides is 1. The average Bonchev–Trinajstić information content (AvgIpc) is 3.71. The Labute approximate surface area is 311 Å². The van der Waals surface area contributed by atoms with Crippen molar-refractivity contribution in [3.05, 3.63) is 93.5 Å². The standard InChI is InChI=1S/C36H33ClF5N7O4S/c1-35(2,51)12-11-23-7-8-24(25-9-10-26(37)31-33(25)48(3)46-34(31)47-54(4,52)53)32(43-23)27(15-19-13-21(38)16-22(39)14-19)44-30(50)18-49-28(20-5-6-20)17-29(45-49)36(40,41)42/h7-10,13-14,16-17,20,27,51H,5-6,15,18H2,1-4H3,(H,44,50)(H,46,47)/t27-/m0/s1. The van der Waals surface area contributed by atoms with Gasteiger partial charge in [0.15, 0.2) is 11.5 Å². The number of hydrogen-bond acceptors (Lipinski definition) is 7. The zero-order valence-corrected chi connectivity index (χ0v) is 30.8. The van der Waals surface area contributed by atoms with Crippen molar-refractivity contribution in [1.29, 1.82) is 0 Å². The first kappa shape index (κ1) is 38.7. The predicted octanol–water partition coefficient (Wildman–Crippen LogP) is 6.25. The first-order valence-corrected chi connectivity index (χ1v) is 18.7. The highest BCUT2D eigenvalue weighted by atomic mass is 35.5. The molecule has 1 fully saturated rings. The van der Waals surface area contributed by atoms with Crippen LogP contribution in [0.3, 0.4) is 0 Å². The summed E-state index contributed by atoms with van der Waals surface area (Å²) in [6, 6.07) is 8.80. The monoisotopic (exact) mass is 789 g/mol. The van der Waals surface area contributed by atoms with Crippen LogP contribution in [0.2, 0.25) is 5.02 Å². The Kier molecular flexibility index (Phi) is 10.2. The summed E-state index contributed by atoms with van der Waals surface area (Å²) in [6.07, 6.45) is -2.78. The van der Waals surface area contributed by atoms with Gasteiger partial charge in [0.2, 0.25) is 15.9 Å². The smallest absolute Gasteiger partial charge is 0.378 e. The number of rotatable bonds is 10. The molecule has 1 aliphatic carbocycles. The van der Waals surface area contributed by atoms with Crippen LogP contribution < -0.4 is 10.0 Å². The molecule has 284 valence electrons. The van der Waals surface area contributed by atoms with Gasteiger partial charge in [0, 0.05) is 35.9 Å². The maximum atomic E-state index is 14.5. The third-order valence-electron chi connectivity index (χ3n) is 8.35. The van der Waals surface area contributed by atoms with E-state index >= 15 is 0 Å². The van der Waals surface area contributed by atoms with Gasteiger partial charge in [-0.25, -0.2) is 22.2 Å². The topological polar surface area (TPSA) is 144 Å². The van der Waals surface area contributed by atoms with E-state index in [4.69, 9.17) is 16.6 Å². The minimum absolute atomic E-state index is 0.0620. The number of fused-ring (bicyclic) bond motifs is 1. The number of nitrogens with zero attached hydrogens (tertiary/aromatic N) is 5. The average molecular weight is 790 g/mol. The van der Waals surface area contributed by atoms with Crippen molar-refractivity contribution in [3.63, 3.8) is 0 Å². The van der Waals surface area contributed by atoms with Gasteiger partial charge < -0.3 is 10.4 Å². The summed E-state index contributed by atoms with van der Waals surface area (Å²) in [5.41, 5.74) is -0.884. The second-order valence-corrected chi connectivity index (χ2v) is 15.7. The molecule has 2 aromatic carbocycles. The Morgan fingerprint density at radius 1 is 1.06 bits per heavy atom. The van der Waals surface area contributed by atoms with E-state index in [9.17, 15) is 40.3 Å². The Hall–Kier alpha value is -5.05. The number of aryl methyl sites for hydroxylation is 1. The van der Waals surface area contributed by atoms with Crippen molar-refractivity contribution in [2.45, 2.75) is 63.4 Å². The summed E-state index contributed by atoms with van der Waals surface area (Å²) in [5, 5.41) is 21.5. The third-order valence-corrected chi connectivity index (χ3v) is 9.23. The molecule has 1 atom stereocenters. The lowest BCUT2D eigenvalue weighted by Crippen LogP contribution is -2.34. The fourth-order valence-electron chi connectivity index (χ4n) is 6.06. The number of carbonyl (C=O) groups is 1. The van der Waals surface area contributed by atoms with Gasteiger partial charge >= 0.3 is 6.18 Å².